The molecule has 0 radical (unpaired) electrons. The second-order valence-electron chi connectivity index (χ2n) is 11.3. The van der Waals surface area contributed by atoms with Crippen LogP contribution in [0, 0.1) is 0 Å². The summed E-state index contributed by atoms with van der Waals surface area (Å²) in [5.41, 5.74) is 9.32. The first-order chi connectivity index (χ1) is 23.2. The molecule has 2 aromatic carbocycles. The molecule has 2 amide bonds. The Kier molecular flexibility index (Phi) is 13.0. The van der Waals surface area contributed by atoms with Crippen LogP contribution in [0.3, 0.4) is 0 Å². The Morgan fingerprint density at radius 1 is 1.00 bits per heavy atom. The fourth-order valence-corrected chi connectivity index (χ4v) is 5.41. The highest BCUT2D eigenvalue weighted by Gasteiger charge is 2.39. The van der Waals surface area contributed by atoms with E-state index in [1.54, 1.807) is 55.6 Å². The number of quaternary nitrogens is 1. The summed E-state index contributed by atoms with van der Waals surface area (Å²) in [5.74, 6) is 0.552. The number of esters is 1. The third kappa shape index (κ3) is 9.17. The molecule has 1 aliphatic heterocycles. The summed E-state index contributed by atoms with van der Waals surface area (Å²) in [6.07, 6.45) is 4.94. The molecule has 3 aromatic rings. The molecule has 2 heterocycles. The molecule has 4 rings (SSSR count). The third-order valence-electron chi connectivity index (χ3n) is 7.89. The summed E-state index contributed by atoms with van der Waals surface area (Å²) >= 11 is 6.51. The van der Waals surface area contributed by atoms with E-state index in [0.717, 1.165) is 42.9 Å². The average molecular weight is 677 g/mol. The van der Waals surface area contributed by atoms with Crippen molar-refractivity contribution in [3.63, 3.8) is 0 Å². The van der Waals surface area contributed by atoms with E-state index in [4.69, 9.17) is 31.8 Å². The molecule has 3 N–H and O–H groups in total. The van der Waals surface area contributed by atoms with Crippen LogP contribution < -0.4 is 20.4 Å². The van der Waals surface area contributed by atoms with Crippen molar-refractivity contribution in [3.05, 3.63) is 78.0 Å². The maximum Gasteiger partial charge on any atom is 0.435 e. The molecule has 0 saturated carbocycles. The number of pyridine rings is 1. The molecule has 1 aromatic heterocycles. The monoisotopic (exact) mass is 676 g/mol. The van der Waals surface area contributed by atoms with Crippen LogP contribution in [0.15, 0.2) is 76.8 Å². The van der Waals surface area contributed by atoms with E-state index in [0.29, 0.717) is 35.8 Å². The number of nitrogens with one attached hydrogen (secondary N) is 1. The second kappa shape index (κ2) is 17.4. The molecule has 0 saturated heterocycles. The number of alkyl halides is 1. The standard InChI is InChI=1S/C35H42ClN7O5/c1-4-6-7-10-21-48-35(46)41-33(37)25-12-15-27(16-13-25)39-23-31-40-28-22-26(14-17-29(28)43(31,3)24-36)34(45)42(20-18-32(44)47-5-2)30-11-8-9-19-38-30/h8-9,11-17,19,22H,4-7,10,18,20-21,23-24H2,1-3H3,(H2-,37,39,41,46)/p+1. The first-order valence-corrected chi connectivity index (χ1v) is 16.6. The molecule has 0 spiro atoms. The Morgan fingerprint density at radius 3 is 2.46 bits per heavy atom. The Hall–Kier alpha value is -4.81. The van der Waals surface area contributed by atoms with Crippen LogP contribution in [0.1, 0.15) is 61.9 Å². The molecule has 254 valence electrons. The number of amides is 2. The van der Waals surface area contributed by atoms with Gasteiger partial charge in [0.05, 0.1) is 26.7 Å². The Labute approximate surface area is 286 Å². The predicted octanol–water partition coefficient (Wildman–Crippen LogP) is 6.39. The number of hydrogen-bond donors (Lipinski definition) is 2. The van der Waals surface area contributed by atoms with Crippen molar-refractivity contribution in [1.82, 2.24) is 9.47 Å². The molecular formula is C35H43ClN7O5+. The normalized spacial score (nSPS) is 15.3. The maximum atomic E-state index is 13.8. The number of nitrogens with two attached hydrogens (primary N) is 1. The summed E-state index contributed by atoms with van der Waals surface area (Å²) in [7, 11) is 1.96. The van der Waals surface area contributed by atoms with Crippen LogP contribution in [0.2, 0.25) is 0 Å². The van der Waals surface area contributed by atoms with E-state index in [2.05, 4.69) is 22.2 Å². The van der Waals surface area contributed by atoms with Gasteiger partial charge < -0.3 is 20.5 Å². The largest absolute Gasteiger partial charge is 0.466 e. The molecule has 0 aliphatic carbocycles. The highest BCUT2D eigenvalue weighted by molar-refractivity contribution is 6.22. The third-order valence-corrected chi connectivity index (χ3v) is 8.37. The summed E-state index contributed by atoms with van der Waals surface area (Å²) in [4.78, 5) is 52.4. The Balaban J connectivity index is 1.44. The SMILES string of the molecule is CCCCCCOC(=O)N=C(N)c1ccc(NCC2=Nc3cc(C(=O)N(CCC(=O)OCC)c4ccccn4)ccc3[N+]2(C)CCl)cc1. The van der Waals surface area contributed by atoms with Gasteiger partial charge in [-0.2, -0.15) is 9.98 Å². The summed E-state index contributed by atoms with van der Waals surface area (Å²) in [5, 5.41) is 3.37. The maximum absolute atomic E-state index is 13.8. The van der Waals surface area contributed by atoms with Crippen LogP contribution >= 0.6 is 11.6 Å². The Morgan fingerprint density at radius 2 is 1.77 bits per heavy atom. The first kappa shape index (κ1) is 36.0. The highest BCUT2D eigenvalue weighted by Crippen LogP contribution is 2.41. The fourth-order valence-electron chi connectivity index (χ4n) is 5.15. The van der Waals surface area contributed by atoms with Crippen molar-refractivity contribution in [2.75, 3.05) is 49.6 Å². The lowest BCUT2D eigenvalue weighted by atomic mass is 10.1. The highest BCUT2D eigenvalue weighted by atomic mass is 35.5. The van der Waals surface area contributed by atoms with E-state index in [1.807, 2.05) is 25.2 Å². The van der Waals surface area contributed by atoms with E-state index in [1.165, 1.54) is 4.90 Å². The number of carbonyl (C=O) groups is 3. The number of likely N-dealkylation sites (N-methyl/N-ethyl adjacent to an activating group) is 1. The zero-order valence-corrected chi connectivity index (χ0v) is 28.4. The molecule has 1 aliphatic rings. The lowest BCUT2D eigenvalue weighted by molar-refractivity contribution is -0.142. The number of anilines is 2. The van der Waals surface area contributed by atoms with Gasteiger partial charge in [-0.1, -0.05) is 43.9 Å². The van der Waals surface area contributed by atoms with Crippen molar-refractivity contribution in [2.24, 2.45) is 15.7 Å². The van der Waals surface area contributed by atoms with Crippen molar-refractivity contribution >= 4 is 64.1 Å². The molecule has 0 fully saturated rings. The average Bonchev–Trinajstić information content (AvgIpc) is 3.38. The minimum Gasteiger partial charge on any atom is -0.466 e. The van der Waals surface area contributed by atoms with Gasteiger partial charge in [0.1, 0.15) is 23.9 Å². The first-order valence-electron chi connectivity index (χ1n) is 16.1. The number of amidine groups is 2. The smallest absolute Gasteiger partial charge is 0.435 e. The topological polar surface area (TPSA) is 149 Å². The fraction of sp³-hybridized carbons (Fsp3) is 0.371. The zero-order valence-electron chi connectivity index (χ0n) is 27.7. The van der Waals surface area contributed by atoms with Gasteiger partial charge in [-0.25, -0.2) is 14.3 Å². The van der Waals surface area contributed by atoms with Gasteiger partial charge in [0.15, 0.2) is 11.7 Å². The van der Waals surface area contributed by atoms with Crippen LogP contribution in [-0.2, 0) is 14.3 Å². The lowest BCUT2D eigenvalue weighted by Gasteiger charge is -2.28. The number of hydrogen-bond acceptors (Lipinski definition) is 8. The number of rotatable bonds is 16. The minimum absolute atomic E-state index is 0.0301. The molecule has 1 atom stereocenters. The van der Waals surface area contributed by atoms with E-state index in [-0.39, 0.29) is 41.8 Å². The number of fused-ring (bicyclic) bond motifs is 1. The van der Waals surface area contributed by atoms with Gasteiger partial charge in [0, 0.05) is 35.6 Å². The van der Waals surface area contributed by atoms with Gasteiger partial charge in [-0.15, -0.1) is 0 Å². The number of aromatic nitrogens is 1. The number of nitrogens with zero attached hydrogens (tertiary/aromatic N) is 5. The van der Waals surface area contributed by atoms with Gasteiger partial charge >= 0.3 is 12.1 Å². The Bertz CT molecular complexity index is 1630. The van der Waals surface area contributed by atoms with Crippen LogP contribution in [0.25, 0.3) is 0 Å². The number of halogens is 1. The second-order valence-corrected chi connectivity index (χ2v) is 11.6. The van der Waals surface area contributed by atoms with Gasteiger partial charge in [-0.3, -0.25) is 14.5 Å². The van der Waals surface area contributed by atoms with Gasteiger partial charge in [-0.05, 0) is 61.9 Å². The van der Waals surface area contributed by atoms with E-state index >= 15 is 0 Å². The van der Waals surface area contributed by atoms with Crippen molar-refractivity contribution in [1.29, 1.82) is 0 Å². The van der Waals surface area contributed by atoms with Crippen molar-refractivity contribution in [3.8, 4) is 0 Å². The molecule has 13 heteroatoms. The van der Waals surface area contributed by atoms with Crippen molar-refractivity contribution < 1.29 is 23.9 Å². The number of aliphatic imine (C=N–C) groups is 2. The summed E-state index contributed by atoms with van der Waals surface area (Å²) < 4.78 is 10.5. The van der Waals surface area contributed by atoms with Crippen LogP contribution in [0.5, 0.6) is 0 Å². The van der Waals surface area contributed by atoms with E-state index in [9.17, 15) is 14.4 Å². The summed E-state index contributed by atoms with van der Waals surface area (Å²) in [6, 6.07) is 18.0. The van der Waals surface area contributed by atoms with Gasteiger partial charge in [0.2, 0.25) is 5.84 Å². The predicted molar refractivity (Wildman–Crippen MR) is 190 cm³/mol. The van der Waals surface area contributed by atoms with Crippen LogP contribution in [-0.4, -0.2) is 74.0 Å². The molecule has 0 bridgehead atoms. The number of ether oxygens (including phenoxy) is 2. The molecule has 12 nitrogen and oxygen atoms in total. The lowest BCUT2D eigenvalue weighted by Crippen LogP contribution is -2.50. The number of carbonyl (C=O) groups excluding carboxylic acids is 3. The molecular weight excluding hydrogens is 634 g/mol. The zero-order chi connectivity index (χ0) is 34.5. The minimum atomic E-state index is -0.700. The number of unbranched alkanes of at least 4 members (excludes halogenated alkanes) is 3. The molecule has 48 heavy (non-hydrogen) atoms. The van der Waals surface area contributed by atoms with Crippen LogP contribution in [0.4, 0.5) is 27.7 Å². The quantitative estimate of drug-likeness (QED) is 0.0337. The van der Waals surface area contributed by atoms with Crippen molar-refractivity contribution in [2.45, 2.75) is 46.0 Å². The number of benzene rings is 2. The summed E-state index contributed by atoms with van der Waals surface area (Å²) in [6.45, 7) is 4.93. The van der Waals surface area contributed by atoms with E-state index < -0.39 is 12.1 Å². The van der Waals surface area contributed by atoms with Gasteiger partial charge in [0.25, 0.3) is 5.91 Å². The molecule has 1 unspecified atom stereocenters.